The van der Waals surface area contributed by atoms with Crippen molar-refractivity contribution in [3.05, 3.63) is 58.8 Å². The minimum absolute atomic E-state index is 0.0278. The Hall–Kier alpha value is -1.77. The number of alkyl halides is 6. The molecule has 0 aliphatic heterocycles. The van der Waals surface area contributed by atoms with Gasteiger partial charge in [-0.25, -0.2) is 4.98 Å². The van der Waals surface area contributed by atoms with Crippen LogP contribution in [-0.4, -0.2) is 30.4 Å². The molecule has 27 heavy (non-hydrogen) atoms. The molecule has 0 unspecified atom stereocenters. The van der Waals surface area contributed by atoms with Gasteiger partial charge >= 0.3 is 12.4 Å². The van der Waals surface area contributed by atoms with E-state index in [2.05, 4.69) is 27.5 Å². The fraction of sp³-hybridized carbons (Fsp3) is 0.389. The standard InChI is InChI=1S/C18H19BrF6N2/c1-3-14(18(23,24)25)6-5-13(9-10-17(20,21)22)12-27(4-2)16-8-7-15(19)11-26-16/h3,6-9,11H,1,4-5,10,12H2,2H3/b13-9+,14-6+. The van der Waals surface area contributed by atoms with Crippen LogP contribution in [0, 0.1) is 0 Å². The predicted octanol–water partition coefficient (Wildman–Crippen LogP) is 6.61. The summed E-state index contributed by atoms with van der Waals surface area (Å²) < 4.78 is 76.9. The lowest BCUT2D eigenvalue weighted by atomic mass is 10.1. The Morgan fingerprint density at radius 2 is 1.85 bits per heavy atom. The number of likely N-dealkylation sites (N-methyl/N-ethyl adjacent to an activating group) is 1. The highest BCUT2D eigenvalue weighted by Gasteiger charge is 2.31. The number of nitrogens with zero attached hydrogens (tertiary/aromatic N) is 2. The Labute approximate surface area is 162 Å². The van der Waals surface area contributed by atoms with Crippen molar-refractivity contribution >= 4 is 21.7 Å². The Kier molecular flexibility index (Phi) is 8.59. The minimum atomic E-state index is -4.60. The van der Waals surface area contributed by atoms with Crippen LogP contribution in [0.25, 0.3) is 0 Å². The molecule has 1 rings (SSSR count). The number of rotatable bonds is 8. The normalized spacial score (nSPS) is 13.6. The molecular weight excluding hydrogens is 438 g/mol. The van der Waals surface area contributed by atoms with Gasteiger partial charge in [-0.1, -0.05) is 30.4 Å². The number of hydrogen-bond acceptors (Lipinski definition) is 2. The van der Waals surface area contributed by atoms with Crippen LogP contribution in [0.1, 0.15) is 19.8 Å². The zero-order valence-corrected chi connectivity index (χ0v) is 16.1. The second kappa shape index (κ2) is 9.96. The number of allylic oxidation sites excluding steroid dienone is 4. The molecule has 1 heterocycles. The monoisotopic (exact) mass is 456 g/mol. The average Bonchev–Trinajstić information content (AvgIpc) is 2.56. The van der Waals surface area contributed by atoms with Gasteiger partial charge in [0.1, 0.15) is 5.82 Å². The molecule has 0 bridgehead atoms. The predicted molar refractivity (Wildman–Crippen MR) is 97.5 cm³/mol. The van der Waals surface area contributed by atoms with Crippen LogP contribution < -0.4 is 4.90 Å². The summed E-state index contributed by atoms with van der Waals surface area (Å²) in [6.45, 7) is 5.35. The van der Waals surface area contributed by atoms with E-state index in [1.807, 2.05) is 0 Å². The third-order valence-corrected chi connectivity index (χ3v) is 4.03. The van der Waals surface area contributed by atoms with Crippen LogP contribution in [0.15, 0.2) is 58.8 Å². The molecule has 0 radical (unpaired) electrons. The van der Waals surface area contributed by atoms with Crippen molar-refractivity contribution in [2.45, 2.75) is 32.1 Å². The Morgan fingerprint density at radius 3 is 2.30 bits per heavy atom. The topological polar surface area (TPSA) is 16.1 Å². The molecule has 0 N–H and O–H groups in total. The summed E-state index contributed by atoms with van der Waals surface area (Å²) in [6, 6.07) is 3.40. The summed E-state index contributed by atoms with van der Waals surface area (Å²) >= 11 is 3.24. The molecule has 0 aliphatic rings. The van der Waals surface area contributed by atoms with Crippen molar-refractivity contribution < 1.29 is 26.3 Å². The maximum Gasteiger partial charge on any atom is 0.416 e. The lowest BCUT2D eigenvalue weighted by Crippen LogP contribution is -2.26. The highest BCUT2D eigenvalue weighted by atomic mass is 79.9. The maximum absolute atomic E-state index is 12.8. The van der Waals surface area contributed by atoms with E-state index in [1.165, 1.54) is 6.20 Å². The van der Waals surface area contributed by atoms with E-state index in [-0.39, 0.29) is 18.5 Å². The molecule has 150 valence electrons. The zero-order valence-electron chi connectivity index (χ0n) is 14.5. The highest BCUT2D eigenvalue weighted by molar-refractivity contribution is 9.10. The van der Waals surface area contributed by atoms with Gasteiger partial charge in [-0.2, -0.15) is 26.3 Å². The first kappa shape index (κ1) is 23.3. The third kappa shape index (κ3) is 8.64. The van der Waals surface area contributed by atoms with Gasteiger partial charge in [0.25, 0.3) is 0 Å². The summed E-state index contributed by atoms with van der Waals surface area (Å²) in [6.07, 6.45) is -6.57. The SMILES string of the molecule is C=C/C(=C\C/C(=C\CC(F)(F)F)CN(CC)c1ccc(Br)cn1)C(F)(F)F. The van der Waals surface area contributed by atoms with Crippen molar-refractivity contribution in [3.63, 3.8) is 0 Å². The summed E-state index contributed by atoms with van der Waals surface area (Å²) in [4.78, 5) is 5.86. The van der Waals surface area contributed by atoms with E-state index in [0.29, 0.717) is 18.4 Å². The van der Waals surface area contributed by atoms with Gasteiger partial charge in [0.15, 0.2) is 0 Å². The van der Waals surface area contributed by atoms with Crippen LogP contribution in [0.4, 0.5) is 32.2 Å². The lowest BCUT2D eigenvalue weighted by Gasteiger charge is -2.23. The number of pyridine rings is 1. The molecule has 1 aromatic rings. The quantitative estimate of drug-likeness (QED) is 0.248. The number of aromatic nitrogens is 1. The molecule has 0 saturated heterocycles. The first-order valence-corrected chi connectivity index (χ1v) is 8.76. The molecule has 0 aromatic carbocycles. The summed E-state index contributed by atoms with van der Waals surface area (Å²) in [7, 11) is 0. The zero-order chi connectivity index (χ0) is 20.7. The van der Waals surface area contributed by atoms with Crippen LogP contribution in [0.3, 0.4) is 0 Å². The molecule has 0 atom stereocenters. The van der Waals surface area contributed by atoms with E-state index in [1.54, 1.807) is 24.0 Å². The van der Waals surface area contributed by atoms with E-state index >= 15 is 0 Å². The second-order valence-electron chi connectivity index (χ2n) is 5.60. The Balaban J connectivity index is 3.08. The van der Waals surface area contributed by atoms with Crippen LogP contribution in [-0.2, 0) is 0 Å². The van der Waals surface area contributed by atoms with Crippen molar-refractivity contribution in [2.24, 2.45) is 0 Å². The Morgan fingerprint density at radius 1 is 1.19 bits per heavy atom. The van der Waals surface area contributed by atoms with Crippen molar-refractivity contribution in [3.8, 4) is 0 Å². The van der Waals surface area contributed by atoms with Crippen LogP contribution in [0.2, 0.25) is 0 Å². The summed E-state index contributed by atoms with van der Waals surface area (Å²) in [5, 5.41) is 0. The van der Waals surface area contributed by atoms with Crippen molar-refractivity contribution in [1.82, 2.24) is 4.98 Å². The van der Waals surface area contributed by atoms with Crippen molar-refractivity contribution in [1.29, 1.82) is 0 Å². The molecule has 0 spiro atoms. The molecule has 1 aromatic heterocycles. The van der Waals surface area contributed by atoms with E-state index in [4.69, 9.17) is 0 Å². The molecule has 0 fully saturated rings. The highest BCUT2D eigenvalue weighted by Crippen LogP contribution is 2.28. The number of halogens is 7. The first-order chi connectivity index (χ1) is 12.5. The summed E-state index contributed by atoms with van der Waals surface area (Å²) in [5.41, 5.74) is -0.771. The van der Waals surface area contributed by atoms with Gasteiger partial charge in [-0.3, -0.25) is 0 Å². The number of anilines is 1. The van der Waals surface area contributed by atoms with Gasteiger partial charge < -0.3 is 4.90 Å². The van der Waals surface area contributed by atoms with Gasteiger partial charge in [-0.15, -0.1) is 0 Å². The van der Waals surface area contributed by atoms with E-state index in [9.17, 15) is 26.3 Å². The number of hydrogen-bond donors (Lipinski definition) is 0. The molecule has 0 amide bonds. The fourth-order valence-electron chi connectivity index (χ4n) is 2.18. The molecule has 0 aliphatic carbocycles. The molecular formula is C18H19BrF6N2. The van der Waals surface area contributed by atoms with Gasteiger partial charge in [0.05, 0.1) is 12.0 Å². The van der Waals surface area contributed by atoms with Gasteiger partial charge in [-0.05, 0) is 41.4 Å². The van der Waals surface area contributed by atoms with Crippen LogP contribution in [0.5, 0.6) is 0 Å². The third-order valence-electron chi connectivity index (χ3n) is 3.57. The molecule has 0 saturated carbocycles. The second-order valence-corrected chi connectivity index (χ2v) is 6.51. The van der Waals surface area contributed by atoms with Crippen LogP contribution >= 0.6 is 15.9 Å². The average molecular weight is 457 g/mol. The van der Waals surface area contributed by atoms with E-state index < -0.39 is 24.3 Å². The van der Waals surface area contributed by atoms with Gasteiger partial charge in [0, 0.05) is 23.8 Å². The lowest BCUT2D eigenvalue weighted by molar-refractivity contribution is -0.125. The largest absolute Gasteiger partial charge is 0.416 e. The Bertz CT molecular complexity index is 675. The first-order valence-electron chi connectivity index (χ1n) is 7.97. The van der Waals surface area contributed by atoms with E-state index in [0.717, 1.165) is 16.6 Å². The van der Waals surface area contributed by atoms with Crippen molar-refractivity contribution in [2.75, 3.05) is 18.0 Å². The minimum Gasteiger partial charge on any atom is -0.353 e. The molecule has 2 nitrogen and oxygen atoms in total. The molecule has 9 heteroatoms. The maximum atomic E-state index is 12.8. The fourth-order valence-corrected chi connectivity index (χ4v) is 2.42. The van der Waals surface area contributed by atoms with Gasteiger partial charge in [0.2, 0.25) is 0 Å². The smallest absolute Gasteiger partial charge is 0.353 e. The summed E-state index contributed by atoms with van der Waals surface area (Å²) in [5.74, 6) is 0.516.